The Morgan fingerprint density at radius 3 is 2.65 bits per heavy atom. The van der Waals surface area contributed by atoms with Gasteiger partial charge < -0.3 is 15.8 Å². The first kappa shape index (κ1) is 17.2. The third kappa shape index (κ3) is 2.18. The monoisotopic (exact) mass is 377 g/mol. The molecule has 2 aromatic heterocycles. The number of hydrogen-bond acceptors (Lipinski definition) is 5. The number of aromatic amines is 2. The van der Waals surface area contributed by atoms with Crippen molar-refractivity contribution in [2.75, 3.05) is 0 Å². The van der Waals surface area contributed by atoms with Crippen molar-refractivity contribution in [2.45, 2.75) is 44.1 Å². The summed E-state index contributed by atoms with van der Waals surface area (Å²) < 4.78 is 15.7. The molecule has 0 amide bonds. The van der Waals surface area contributed by atoms with Gasteiger partial charge in [0.2, 0.25) is 0 Å². The maximum Gasteiger partial charge on any atom is 0.325 e. The molecule has 138 valence electrons. The molecule has 2 aromatic rings. The van der Waals surface area contributed by atoms with Crippen LogP contribution in [0.5, 0.6) is 0 Å². The quantitative estimate of drug-likeness (QED) is 0.659. The van der Waals surface area contributed by atoms with Crippen molar-refractivity contribution in [3.63, 3.8) is 0 Å². The molecular weight excluding hydrogens is 357 g/mol. The second-order valence-electron chi connectivity index (χ2n) is 7.25. The van der Waals surface area contributed by atoms with Crippen LogP contribution in [-0.4, -0.2) is 15.1 Å². The molecular formula is C18H20FN3O3S. The van der Waals surface area contributed by atoms with Gasteiger partial charge in [-0.1, -0.05) is 6.92 Å². The summed E-state index contributed by atoms with van der Waals surface area (Å²) in [6.45, 7) is 3.65. The van der Waals surface area contributed by atoms with Crippen LogP contribution in [0, 0.1) is 5.92 Å². The molecule has 2 aliphatic carbocycles. The topological polar surface area (TPSA) is 112 Å². The predicted molar refractivity (Wildman–Crippen MR) is 98.1 cm³/mol. The van der Waals surface area contributed by atoms with E-state index in [9.17, 15) is 14.7 Å². The Balaban J connectivity index is 2.03. The summed E-state index contributed by atoms with van der Waals surface area (Å²) in [5.74, 6) is -1.90. The van der Waals surface area contributed by atoms with Crippen LogP contribution in [0.1, 0.15) is 60.3 Å². The SMILES string of the molecule is CC(N)c1cc(C2(C3CC3)C(F)=C(O)c3c([nH]c(=O)[nH]c3=O)C2C)cs1. The minimum Gasteiger partial charge on any atom is -0.504 e. The lowest BCUT2D eigenvalue weighted by atomic mass is 9.62. The van der Waals surface area contributed by atoms with Crippen LogP contribution in [0.25, 0.3) is 5.76 Å². The Morgan fingerprint density at radius 1 is 1.38 bits per heavy atom. The van der Waals surface area contributed by atoms with Crippen molar-refractivity contribution < 1.29 is 9.50 Å². The van der Waals surface area contributed by atoms with E-state index in [-0.39, 0.29) is 23.2 Å². The lowest BCUT2D eigenvalue weighted by molar-refractivity contribution is 0.278. The van der Waals surface area contributed by atoms with E-state index < -0.39 is 34.2 Å². The second-order valence-corrected chi connectivity index (χ2v) is 8.19. The van der Waals surface area contributed by atoms with Crippen LogP contribution < -0.4 is 17.0 Å². The Bertz CT molecular complexity index is 1030. The van der Waals surface area contributed by atoms with E-state index >= 15 is 4.39 Å². The first-order valence-electron chi connectivity index (χ1n) is 8.59. The van der Waals surface area contributed by atoms with Gasteiger partial charge in [-0.3, -0.25) is 9.78 Å². The molecule has 2 heterocycles. The molecule has 2 aliphatic rings. The van der Waals surface area contributed by atoms with Crippen molar-refractivity contribution in [1.82, 2.24) is 9.97 Å². The molecule has 1 saturated carbocycles. The first-order valence-corrected chi connectivity index (χ1v) is 9.47. The summed E-state index contributed by atoms with van der Waals surface area (Å²) in [7, 11) is 0. The highest BCUT2D eigenvalue weighted by atomic mass is 32.1. The lowest BCUT2D eigenvalue weighted by Gasteiger charge is -2.41. The number of aliphatic hydroxyl groups is 1. The molecule has 3 atom stereocenters. The van der Waals surface area contributed by atoms with Gasteiger partial charge in [-0.05, 0) is 42.7 Å². The molecule has 5 N–H and O–H groups in total. The van der Waals surface area contributed by atoms with Crippen LogP contribution in [0.4, 0.5) is 4.39 Å². The normalized spacial score (nSPS) is 26.7. The van der Waals surface area contributed by atoms with E-state index in [1.807, 2.05) is 18.4 Å². The van der Waals surface area contributed by atoms with Crippen molar-refractivity contribution >= 4 is 17.1 Å². The molecule has 4 rings (SSSR count). The molecule has 26 heavy (non-hydrogen) atoms. The van der Waals surface area contributed by atoms with E-state index in [1.54, 1.807) is 6.92 Å². The number of allylic oxidation sites excluding steroid dienone is 1. The summed E-state index contributed by atoms with van der Waals surface area (Å²) >= 11 is 1.45. The highest BCUT2D eigenvalue weighted by Gasteiger charge is 2.58. The number of H-pyrrole nitrogens is 2. The zero-order valence-electron chi connectivity index (χ0n) is 14.4. The smallest absolute Gasteiger partial charge is 0.325 e. The summed E-state index contributed by atoms with van der Waals surface area (Å²) in [6.07, 6.45) is 1.63. The molecule has 8 heteroatoms. The van der Waals surface area contributed by atoms with Gasteiger partial charge in [-0.15, -0.1) is 11.3 Å². The van der Waals surface area contributed by atoms with Crippen molar-refractivity contribution in [3.05, 3.63) is 59.8 Å². The average Bonchev–Trinajstić information content (AvgIpc) is 3.29. The van der Waals surface area contributed by atoms with Crippen LogP contribution in [0.2, 0.25) is 0 Å². The molecule has 0 saturated heterocycles. The Kier molecular flexibility index (Phi) is 3.75. The fourth-order valence-electron chi connectivity index (χ4n) is 4.28. The van der Waals surface area contributed by atoms with Gasteiger partial charge in [0.15, 0.2) is 11.6 Å². The average molecular weight is 377 g/mol. The van der Waals surface area contributed by atoms with Crippen molar-refractivity contribution in [1.29, 1.82) is 0 Å². The Labute approximate surface area is 152 Å². The fraction of sp³-hybridized carbons (Fsp3) is 0.444. The number of aromatic nitrogens is 2. The van der Waals surface area contributed by atoms with Gasteiger partial charge in [0.1, 0.15) is 5.56 Å². The van der Waals surface area contributed by atoms with Gasteiger partial charge in [0.25, 0.3) is 5.56 Å². The van der Waals surface area contributed by atoms with E-state index in [2.05, 4.69) is 9.97 Å². The van der Waals surface area contributed by atoms with Gasteiger partial charge in [0.05, 0.1) is 5.41 Å². The van der Waals surface area contributed by atoms with Crippen molar-refractivity contribution in [2.24, 2.45) is 11.7 Å². The summed E-state index contributed by atoms with van der Waals surface area (Å²) in [5, 5.41) is 12.4. The highest BCUT2D eigenvalue weighted by molar-refractivity contribution is 7.10. The molecule has 3 unspecified atom stereocenters. The number of fused-ring (bicyclic) bond motifs is 1. The number of hydrogen-bond donors (Lipinski definition) is 4. The van der Waals surface area contributed by atoms with E-state index in [0.29, 0.717) is 0 Å². The maximum absolute atomic E-state index is 15.7. The minimum absolute atomic E-state index is 0.00822. The lowest BCUT2D eigenvalue weighted by Crippen LogP contribution is -2.43. The standard InChI is InChI=1S/C18H20FN3O3S/c1-7-13-12(16(24)22-17(25)21-13)14(23)15(19)18(7,9-3-4-9)10-5-11(8(2)20)26-6-10/h5-9,23H,3-4,20H2,1-2H3,(H2,21,22,24,25). The predicted octanol–water partition coefficient (Wildman–Crippen LogP) is 2.81. The largest absolute Gasteiger partial charge is 0.504 e. The number of nitrogens with one attached hydrogen (secondary N) is 2. The Morgan fingerprint density at radius 2 is 2.08 bits per heavy atom. The summed E-state index contributed by atoms with van der Waals surface area (Å²) in [5.41, 5.74) is 4.25. The molecule has 0 aliphatic heterocycles. The van der Waals surface area contributed by atoms with E-state index in [1.165, 1.54) is 11.3 Å². The molecule has 6 nitrogen and oxygen atoms in total. The summed E-state index contributed by atoms with van der Waals surface area (Å²) in [4.78, 5) is 29.6. The number of thiophene rings is 1. The van der Waals surface area contributed by atoms with Crippen LogP contribution in [0.3, 0.4) is 0 Å². The van der Waals surface area contributed by atoms with Gasteiger partial charge >= 0.3 is 5.69 Å². The van der Waals surface area contributed by atoms with Crippen molar-refractivity contribution in [3.8, 4) is 0 Å². The highest BCUT2D eigenvalue weighted by Crippen LogP contribution is 2.62. The Hall–Kier alpha value is -2.19. The zero-order chi connectivity index (χ0) is 18.8. The number of rotatable bonds is 3. The number of nitrogens with two attached hydrogens (primary N) is 1. The van der Waals surface area contributed by atoms with Crippen LogP contribution in [0.15, 0.2) is 26.9 Å². The van der Waals surface area contributed by atoms with E-state index in [4.69, 9.17) is 5.73 Å². The third-order valence-corrected chi connectivity index (χ3v) is 6.80. The van der Waals surface area contributed by atoms with Gasteiger partial charge in [-0.2, -0.15) is 0 Å². The second kappa shape index (κ2) is 5.65. The van der Waals surface area contributed by atoms with Gasteiger partial charge in [0, 0.05) is 22.5 Å². The molecule has 0 bridgehead atoms. The third-order valence-electron chi connectivity index (χ3n) is 5.66. The molecule has 0 aromatic carbocycles. The molecule has 1 fully saturated rings. The number of aliphatic hydroxyl groups excluding tert-OH is 1. The molecule has 0 spiro atoms. The number of halogens is 1. The maximum atomic E-state index is 15.7. The minimum atomic E-state index is -1.10. The first-order chi connectivity index (χ1) is 12.3. The fourth-order valence-corrected chi connectivity index (χ4v) is 5.22. The van der Waals surface area contributed by atoms with Crippen LogP contribution in [-0.2, 0) is 5.41 Å². The summed E-state index contributed by atoms with van der Waals surface area (Å²) in [6, 6.07) is 1.70. The molecule has 0 radical (unpaired) electrons. The zero-order valence-corrected chi connectivity index (χ0v) is 15.2. The van der Waals surface area contributed by atoms with Gasteiger partial charge in [-0.25, -0.2) is 9.18 Å². The van der Waals surface area contributed by atoms with E-state index in [0.717, 1.165) is 23.3 Å². The van der Waals surface area contributed by atoms with Crippen LogP contribution >= 0.6 is 11.3 Å².